The molecule has 218 valence electrons. The van der Waals surface area contributed by atoms with Crippen molar-refractivity contribution < 1.29 is 4.42 Å². The Hall–Kier alpha value is -6.19. The van der Waals surface area contributed by atoms with E-state index < -0.39 is 5.41 Å². The third-order valence-corrected chi connectivity index (χ3v) is 10.5. The third kappa shape index (κ3) is 3.18. The molecular weight excluding hydrogens is 572 g/mol. The zero-order valence-corrected chi connectivity index (χ0v) is 25.3. The van der Waals surface area contributed by atoms with Gasteiger partial charge in [-0.3, -0.25) is 0 Å². The highest BCUT2D eigenvalue weighted by Crippen LogP contribution is 2.64. The Morgan fingerprint density at radius 2 is 1.21 bits per heavy atom. The first-order valence-electron chi connectivity index (χ1n) is 16.1. The second kappa shape index (κ2) is 8.96. The van der Waals surface area contributed by atoms with Gasteiger partial charge < -0.3 is 9.40 Å². The molecule has 0 saturated heterocycles. The van der Waals surface area contributed by atoms with Crippen molar-refractivity contribution in [3.8, 4) is 44.8 Å². The zero-order chi connectivity index (χ0) is 30.7. The van der Waals surface area contributed by atoms with Crippen molar-refractivity contribution in [1.29, 1.82) is 0 Å². The molecule has 3 heteroatoms. The molecule has 3 nitrogen and oxygen atoms in total. The summed E-state index contributed by atoms with van der Waals surface area (Å²) in [7, 11) is 0. The van der Waals surface area contributed by atoms with E-state index in [2.05, 4.69) is 145 Å². The van der Waals surface area contributed by atoms with Gasteiger partial charge in [0.05, 0.1) is 16.4 Å². The SMILES string of the molecule is c1ccc(-c2ccc3c(c2)C2(c4cc(-c5nc6ccccc6[nH]5)ccc4-3)c3ccccc3-c3c2ccc2c3oc3ccccc32)cc1. The fourth-order valence-electron chi connectivity index (χ4n) is 8.49. The molecule has 1 spiro atoms. The van der Waals surface area contributed by atoms with Crippen LogP contribution in [-0.4, -0.2) is 9.97 Å². The first kappa shape index (κ1) is 25.1. The van der Waals surface area contributed by atoms with Gasteiger partial charge in [0, 0.05) is 21.9 Å². The van der Waals surface area contributed by atoms with Crippen LogP contribution in [0.1, 0.15) is 22.3 Å². The Balaban J connectivity index is 1.27. The topological polar surface area (TPSA) is 41.8 Å². The van der Waals surface area contributed by atoms with E-state index in [0.29, 0.717) is 0 Å². The Morgan fingerprint density at radius 3 is 2.09 bits per heavy atom. The van der Waals surface area contributed by atoms with Crippen molar-refractivity contribution in [1.82, 2.24) is 9.97 Å². The molecule has 11 rings (SSSR count). The van der Waals surface area contributed by atoms with Crippen LogP contribution in [0.15, 0.2) is 156 Å². The summed E-state index contributed by atoms with van der Waals surface area (Å²) in [5.41, 5.74) is 16.9. The normalized spacial score (nSPS) is 15.7. The van der Waals surface area contributed by atoms with Gasteiger partial charge in [0.15, 0.2) is 0 Å². The molecule has 1 unspecified atom stereocenters. The molecule has 2 aliphatic carbocycles. The highest BCUT2D eigenvalue weighted by Gasteiger charge is 2.52. The van der Waals surface area contributed by atoms with Crippen molar-refractivity contribution >= 4 is 33.0 Å². The molecule has 2 aromatic heterocycles. The van der Waals surface area contributed by atoms with Crippen LogP contribution < -0.4 is 0 Å². The van der Waals surface area contributed by atoms with Crippen LogP contribution in [0, 0.1) is 0 Å². The molecule has 9 aromatic rings. The van der Waals surface area contributed by atoms with E-state index in [1.54, 1.807) is 0 Å². The smallest absolute Gasteiger partial charge is 0.143 e. The number of aromatic amines is 1. The maximum absolute atomic E-state index is 6.74. The molecule has 0 amide bonds. The number of rotatable bonds is 2. The second-order valence-corrected chi connectivity index (χ2v) is 12.7. The second-order valence-electron chi connectivity index (χ2n) is 12.7. The summed E-state index contributed by atoms with van der Waals surface area (Å²) >= 11 is 0. The van der Waals surface area contributed by atoms with E-state index in [0.717, 1.165) is 44.4 Å². The molecule has 1 N–H and O–H groups in total. The average Bonchev–Trinajstić information content (AvgIpc) is 3.88. The van der Waals surface area contributed by atoms with E-state index in [-0.39, 0.29) is 0 Å². The molecule has 1 atom stereocenters. The van der Waals surface area contributed by atoms with Crippen molar-refractivity contribution in [2.45, 2.75) is 5.41 Å². The molecule has 2 aliphatic rings. The Kier molecular flexibility index (Phi) is 4.78. The van der Waals surface area contributed by atoms with Gasteiger partial charge in [0.2, 0.25) is 0 Å². The summed E-state index contributed by atoms with van der Waals surface area (Å²) in [6.45, 7) is 0. The van der Waals surface area contributed by atoms with Crippen LogP contribution in [0.3, 0.4) is 0 Å². The van der Waals surface area contributed by atoms with Crippen molar-refractivity contribution in [2.24, 2.45) is 0 Å². The van der Waals surface area contributed by atoms with Gasteiger partial charge in [-0.1, -0.05) is 121 Å². The lowest BCUT2D eigenvalue weighted by atomic mass is 9.70. The molecule has 2 heterocycles. The minimum Gasteiger partial charge on any atom is -0.455 e. The lowest BCUT2D eigenvalue weighted by molar-refractivity contribution is 0.669. The fraction of sp³-hybridized carbons (Fsp3) is 0.0227. The highest BCUT2D eigenvalue weighted by molar-refractivity contribution is 6.13. The number of imidazole rings is 1. The van der Waals surface area contributed by atoms with E-state index in [4.69, 9.17) is 9.40 Å². The predicted octanol–water partition coefficient (Wildman–Crippen LogP) is 11.1. The Morgan fingerprint density at radius 1 is 0.489 bits per heavy atom. The van der Waals surface area contributed by atoms with E-state index in [9.17, 15) is 0 Å². The van der Waals surface area contributed by atoms with Crippen LogP contribution >= 0.6 is 0 Å². The maximum atomic E-state index is 6.74. The first-order chi connectivity index (χ1) is 23.3. The van der Waals surface area contributed by atoms with Gasteiger partial charge in [-0.25, -0.2) is 4.98 Å². The fourth-order valence-corrected chi connectivity index (χ4v) is 8.49. The number of hydrogen-bond donors (Lipinski definition) is 1. The summed E-state index contributed by atoms with van der Waals surface area (Å²) in [6.07, 6.45) is 0. The van der Waals surface area contributed by atoms with Gasteiger partial charge in [-0.15, -0.1) is 0 Å². The summed E-state index contributed by atoms with van der Waals surface area (Å²) in [6, 6.07) is 54.8. The lowest BCUT2D eigenvalue weighted by Gasteiger charge is -2.31. The molecule has 47 heavy (non-hydrogen) atoms. The number of hydrogen-bond acceptors (Lipinski definition) is 2. The van der Waals surface area contributed by atoms with Crippen LogP contribution in [0.4, 0.5) is 0 Å². The average molecular weight is 599 g/mol. The summed E-state index contributed by atoms with van der Waals surface area (Å²) in [4.78, 5) is 8.59. The van der Waals surface area contributed by atoms with Crippen molar-refractivity contribution in [2.75, 3.05) is 0 Å². The quantitative estimate of drug-likeness (QED) is 0.215. The van der Waals surface area contributed by atoms with Crippen LogP contribution in [0.2, 0.25) is 0 Å². The van der Waals surface area contributed by atoms with Gasteiger partial charge in [0.1, 0.15) is 17.0 Å². The monoisotopic (exact) mass is 598 g/mol. The first-order valence-corrected chi connectivity index (χ1v) is 16.1. The molecule has 7 aromatic carbocycles. The molecule has 0 radical (unpaired) electrons. The van der Waals surface area contributed by atoms with Crippen LogP contribution in [-0.2, 0) is 5.41 Å². The predicted molar refractivity (Wildman–Crippen MR) is 191 cm³/mol. The number of fused-ring (bicyclic) bond motifs is 15. The maximum Gasteiger partial charge on any atom is 0.143 e. The Bertz CT molecular complexity index is 2720. The van der Waals surface area contributed by atoms with Crippen LogP contribution in [0.5, 0.6) is 0 Å². The van der Waals surface area contributed by atoms with E-state index in [1.165, 1.54) is 55.6 Å². The molecule has 0 saturated carbocycles. The number of aromatic nitrogens is 2. The molecular formula is C44H26N2O. The van der Waals surface area contributed by atoms with Crippen molar-refractivity contribution in [3.63, 3.8) is 0 Å². The van der Waals surface area contributed by atoms with Gasteiger partial charge in [-0.2, -0.15) is 0 Å². The number of para-hydroxylation sites is 3. The summed E-state index contributed by atoms with van der Waals surface area (Å²) in [5, 5.41) is 2.30. The largest absolute Gasteiger partial charge is 0.455 e. The Labute approximate surface area is 270 Å². The van der Waals surface area contributed by atoms with Gasteiger partial charge in [0.25, 0.3) is 0 Å². The third-order valence-electron chi connectivity index (χ3n) is 10.5. The highest BCUT2D eigenvalue weighted by atomic mass is 16.3. The lowest BCUT2D eigenvalue weighted by Crippen LogP contribution is -2.26. The van der Waals surface area contributed by atoms with Gasteiger partial charge >= 0.3 is 0 Å². The van der Waals surface area contributed by atoms with E-state index in [1.807, 2.05) is 12.1 Å². The van der Waals surface area contributed by atoms with Crippen molar-refractivity contribution in [3.05, 3.63) is 174 Å². The minimum atomic E-state index is -0.531. The number of benzene rings is 7. The van der Waals surface area contributed by atoms with Gasteiger partial charge in [-0.05, 0) is 80.4 Å². The molecule has 0 fully saturated rings. The summed E-state index contributed by atoms with van der Waals surface area (Å²) < 4.78 is 6.74. The van der Waals surface area contributed by atoms with Crippen LogP contribution in [0.25, 0.3) is 77.7 Å². The number of furan rings is 1. The molecule has 0 bridgehead atoms. The number of nitrogens with zero attached hydrogens (tertiary/aromatic N) is 1. The summed E-state index contributed by atoms with van der Waals surface area (Å²) in [5.74, 6) is 0.879. The zero-order valence-electron chi connectivity index (χ0n) is 25.3. The standard InChI is InChI=1S/C44H26N2O/c1-2-10-26(11-3-1)27-18-20-29-30-21-19-28(43-45-38-15-7-8-16-39(38)46-43)25-37(30)44(36(29)24-27)34-14-6-4-13-33(34)41-35(44)23-22-32-31-12-5-9-17-40(31)47-42(32)41/h1-25H,(H,45,46). The minimum absolute atomic E-state index is 0.531. The number of H-pyrrole nitrogens is 1. The molecule has 0 aliphatic heterocycles. The van der Waals surface area contributed by atoms with E-state index >= 15 is 0 Å². The number of nitrogens with one attached hydrogen (secondary N) is 1.